The van der Waals surface area contributed by atoms with Crippen LogP contribution >= 0.6 is 0 Å². The van der Waals surface area contributed by atoms with Crippen LogP contribution in [0.1, 0.15) is 34.1 Å². The molecule has 2 aromatic rings. The Hall–Kier alpha value is -1.56. The van der Waals surface area contributed by atoms with Crippen molar-refractivity contribution in [1.82, 2.24) is 0 Å². The lowest BCUT2D eigenvalue weighted by molar-refractivity contribution is 0.633. The zero-order valence-electron chi connectivity index (χ0n) is 9.19. The molecule has 2 aromatic carbocycles. The summed E-state index contributed by atoms with van der Waals surface area (Å²) in [5, 5.41) is 0. The Bertz CT molecular complexity index is 502. The second-order valence-corrected chi connectivity index (χ2v) is 5.02. The molecule has 0 nitrogen and oxygen atoms in total. The number of fused-ring (bicyclic) bond motifs is 5. The van der Waals surface area contributed by atoms with E-state index in [9.17, 15) is 0 Å². The fourth-order valence-corrected chi connectivity index (χ4v) is 3.58. The van der Waals surface area contributed by atoms with Crippen LogP contribution < -0.4 is 0 Å². The average molecular weight is 206 g/mol. The third-order valence-corrected chi connectivity index (χ3v) is 4.27. The van der Waals surface area contributed by atoms with Gasteiger partial charge in [-0.25, -0.2) is 0 Å². The highest BCUT2D eigenvalue weighted by molar-refractivity contribution is 5.49. The highest BCUT2D eigenvalue weighted by Gasteiger charge is 2.38. The zero-order chi connectivity index (χ0) is 10.5. The Balaban J connectivity index is 1.86. The van der Waals surface area contributed by atoms with Gasteiger partial charge >= 0.3 is 0 Å². The van der Waals surface area contributed by atoms with Crippen molar-refractivity contribution in [3.63, 3.8) is 0 Å². The van der Waals surface area contributed by atoms with Crippen LogP contribution in [-0.4, -0.2) is 0 Å². The van der Waals surface area contributed by atoms with Crippen molar-refractivity contribution in [3.8, 4) is 0 Å². The monoisotopic (exact) mass is 206 g/mol. The molecule has 0 fully saturated rings. The van der Waals surface area contributed by atoms with E-state index in [-0.39, 0.29) is 0 Å². The van der Waals surface area contributed by atoms with E-state index in [0.717, 1.165) is 11.8 Å². The highest BCUT2D eigenvalue weighted by Crippen LogP contribution is 2.51. The molecule has 0 heterocycles. The minimum absolute atomic E-state index is 0.758. The summed E-state index contributed by atoms with van der Waals surface area (Å²) in [5.74, 6) is 1.52. The molecule has 0 saturated carbocycles. The van der Waals surface area contributed by atoms with E-state index in [1.165, 1.54) is 12.8 Å². The Morgan fingerprint density at radius 1 is 0.625 bits per heavy atom. The Kier molecular flexibility index (Phi) is 1.59. The van der Waals surface area contributed by atoms with E-state index in [4.69, 9.17) is 0 Å². The van der Waals surface area contributed by atoms with Crippen molar-refractivity contribution < 1.29 is 0 Å². The molecule has 0 amide bonds. The van der Waals surface area contributed by atoms with E-state index < -0.39 is 0 Å². The molecule has 4 rings (SSSR count). The van der Waals surface area contributed by atoms with E-state index in [1.807, 2.05) is 0 Å². The second kappa shape index (κ2) is 2.98. The second-order valence-electron chi connectivity index (χ2n) is 5.02. The molecule has 16 heavy (non-hydrogen) atoms. The van der Waals surface area contributed by atoms with Gasteiger partial charge in [0.15, 0.2) is 0 Å². The molecule has 0 heteroatoms. The molecule has 0 aromatic heterocycles. The van der Waals surface area contributed by atoms with Gasteiger partial charge in [0.2, 0.25) is 0 Å². The van der Waals surface area contributed by atoms with Crippen LogP contribution in [0.2, 0.25) is 0 Å². The van der Waals surface area contributed by atoms with Crippen LogP contribution in [0, 0.1) is 0 Å². The first kappa shape index (κ1) is 8.58. The summed E-state index contributed by atoms with van der Waals surface area (Å²) >= 11 is 0. The predicted molar refractivity (Wildman–Crippen MR) is 65.8 cm³/mol. The van der Waals surface area contributed by atoms with Crippen molar-refractivity contribution in [2.45, 2.75) is 24.7 Å². The smallest absolute Gasteiger partial charge is 0.00465 e. The fraction of sp³-hybridized carbons (Fsp3) is 0.250. The van der Waals surface area contributed by atoms with Crippen LogP contribution in [0.5, 0.6) is 0 Å². The van der Waals surface area contributed by atoms with Crippen molar-refractivity contribution in [2.75, 3.05) is 0 Å². The summed E-state index contributed by atoms with van der Waals surface area (Å²) in [4.78, 5) is 0. The van der Waals surface area contributed by atoms with Crippen LogP contribution in [0.3, 0.4) is 0 Å². The molecular formula is C16H14. The normalized spacial score (nSPS) is 25.0. The number of hydrogen-bond donors (Lipinski definition) is 0. The van der Waals surface area contributed by atoms with Crippen molar-refractivity contribution >= 4 is 0 Å². The zero-order valence-corrected chi connectivity index (χ0v) is 9.19. The molecule has 78 valence electrons. The van der Waals surface area contributed by atoms with Crippen LogP contribution in [0.4, 0.5) is 0 Å². The quantitative estimate of drug-likeness (QED) is 0.617. The van der Waals surface area contributed by atoms with Crippen molar-refractivity contribution in [3.05, 3.63) is 70.8 Å². The SMILES string of the molecule is c1ccc2c(c1)C[C@H]1c3ccccc3C[C@@H]21. The predicted octanol–water partition coefficient (Wildman–Crippen LogP) is 3.67. The Morgan fingerprint density at radius 2 is 1.06 bits per heavy atom. The summed E-state index contributed by atoms with van der Waals surface area (Å²) < 4.78 is 0. The molecular weight excluding hydrogens is 192 g/mol. The maximum atomic E-state index is 2.33. The lowest BCUT2D eigenvalue weighted by Crippen LogP contribution is -1.98. The van der Waals surface area contributed by atoms with Gasteiger partial charge in [0.25, 0.3) is 0 Å². The fourth-order valence-electron chi connectivity index (χ4n) is 3.58. The first-order valence-electron chi connectivity index (χ1n) is 6.09. The molecule has 2 aliphatic carbocycles. The molecule has 0 unspecified atom stereocenters. The number of hydrogen-bond acceptors (Lipinski definition) is 0. The van der Waals surface area contributed by atoms with Crippen LogP contribution in [-0.2, 0) is 12.8 Å². The highest BCUT2D eigenvalue weighted by atomic mass is 14.4. The molecule has 0 spiro atoms. The van der Waals surface area contributed by atoms with Gasteiger partial charge < -0.3 is 0 Å². The van der Waals surface area contributed by atoms with E-state index >= 15 is 0 Å². The molecule has 2 atom stereocenters. The lowest BCUT2D eigenvalue weighted by Gasteiger charge is -2.09. The lowest BCUT2D eigenvalue weighted by atomic mass is 9.94. The molecule has 0 radical (unpaired) electrons. The summed E-state index contributed by atoms with van der Waals surface area (Å²) in [6.07, 6.45) is 2.50. The van der Waals surface area contributed by atoms with E-state index in [2.05, 4.69) is 48.5 Å². The Labute approximate surface area is 95.9 Å². The van der Waals surface area contributed by atoms with Crippen LogP contribution in [0.25, 0.3) is 0 Å². The van der Waals surface area contributed by atoms with Gasteiger partial charge in [-0.05, 0) is 46.9 Å². The largest absolute Gasteiger partial charge is 0.0620 e. The van der Waals surface area contributed by atoms with Crippen LogP contribution in [0.15, 0.2) is 48.5 Å². The summed E-state index contributed by atoms with van der Waals surface area (Å²) in [6, 6.07) is 18.0. The van der Waals surface area contributed by atoms with Gasteiger partial charge in [0.05, 0.1) is 0 Å². The number of benzene rings is 2. The van der Waals surface area contributed by atoms with Gasteiger partial charge in [-0.1, -0.05) is 48.5 Å². The van der Waals surface area contributed by atoms with Crippen molar-refractivity contribution in [2.24, 2.45) is 0 Å². The maximum Gasteiger partial charge on any atom is -0.00465 e. The minimum Gasteiger partial charge on any atom is -0.0620 e. The Morgan fingerprint density at radius 3 is 1.56 bits per heavy atom. The summed E-state index contributed by atoms with van der Waals surface area (Å²) in [6.45, 7) is 0. The number of rotatable bonds is 0. The van der Waals surface area contributed by atoms with Gasteiger partial charge in [-0.2, -0.15) is 0 Å². The third-order valence-electron chi connectivity index (χ3n) is 4.27. The van der Waals surface area contributed by atoms with E-state index in [1.54, 1.807) is 22.3 Å². The summed E-state index contributed by atoms with van der Waals surface area (Å²) in [7, 11) is 0. The first-order chi connectivity index (χ1) is 7.93. The standard InChI is InChI=1S/C16H14/c1-3-7-13-11(5-1)9-15-14-8-4-2-6-12(14)10-16(13)15/h1-8,15-16H,9-10H2/t15-,16-/m0/s1. The summed E-state index contributed by atoms with van der Waals surface area (Å²) in [5.41, 5.74) is 6.35. The molecule has 0 aliphatic heterocycles. The van der Waals surface area contributed by atoms with Crippen molar-refractivity contribution in [1.29, 1.82) is 0 Å². The molecule has 0 bridgehead atoms. The third kappa shape index (κ3) is 0.996. The van der Waals surface area contributed by atoms with Gasteiger partial charge in [-0.15, -0.1) is 0 Å². The minimum atomic E-state index is 0.758. The van der Waals surface area contributed by atoms with Gasteiger partial charge in [0, 0.05) is 0 Å². The first-order valence-corrected chi connectivity index (χ1v) is 6.09. The molecule has 0 saturated heterocycles. The van der Waals surface area contributed by atoms with Gasteiger partial charge in [-0.3, -0.25) is 0 Å². The van der Waals surface area contributed by atoms with E-state index in [0.29, 0.717) is 0 Å². The molecule has 2 aliphatic rings. The maximum absolute atomic E-state index is 2.33. The van der Waals surface area contributed by atoms with Gasteiger partial charge in [0.1, 0.15) is 0 Å². The molecule has 0 N–H and O–H groups in total. The average Bonchev–Trinajstić information content (AvgIpc) is 2.85. The topological polar surface area (TPSA) is 0 Å².